The van der Waals surface area contributed by atoms with Crippen LogP contribution in [0.1, 0.15) is 37.7 Å². The molecule has 1 unspecified atom stereocenters. The highest BCUT2D eigenvalue weighted by atomic mass is 35.5. The van der Waals surface area contributed by atoms with Gasteiger partial charge in [-0.25, -0.2) is 0 Å². The first-order chi connectivity index (χ1) is 8.97. The van der Waals surface area contributed by atoms with Crippen LogP contribution >= 0.6 is 11.6 Å². The zero-order valence-electron chi connectivity index (χ0n) is 11.4. The van der Waals surface area contributed by atoms with Crippen LogP contribution in [0.2, 0.25) is 5.02 Å². The molecule has 0 aromatic carbocycles. The number of aliphatic hydroxyl groups excluding tert-OH is 1. The van der Waals surface area contributed by atoms with Crippen molar-refractivity contribution < 1.29 is 9.52 Å². The van der Waals surface area contributed by atoms with Gasteiger partial charge in [0.2, 0.25) is 0 Å². The fourth-order valence-corrected chi connectivity index (χ4v) is 2.26. The van der Waals surface area contributed by atoms with Gasteiger partial charge >= 0.3 is 0 Å². The number of hydrogen-bond donors (Lipinski definition) is 1. The maximum absolute atomic E-state index is 10.2. The molecule has 2 heterocycles. The van der Waals surface area contributed by atoms with E-state index < -0.39 is 6.10 Å². The largest absolute Gasteiger partial charge is 0.461 e. The summed E-state index contributed by atoms with van der Waals surface area (Å²) in [5, 5.41) is 10.8. The zero-order chi connectivity index (χ0) is 14.0. The Balaban J connectivity index is 2.30. The average molecular weight is 280 g/mol. The fraction of sp³-hybridized carbons (Fsp3) is 0.400. The van der Waals surface area contributed by atoms with Gasteiger partial charge in [-0.3, -0.25) is 4.98 Å². The molecule has 0 spiro atoms. The second-order valence-corrected chi connectivity index (χ2v) is 5.60. The van der Waals surface area contributed by atoms with Crippen LogP contribution in [0.3, 0.4) is 0 Å². The lowest BCUT2D eigenvalue weighted by atomic mass is 9.99. The van der Waals surface area contributed by atoms with Crippen molar-refractivity contribution in [3.63, 3.8) is 0 Å². The molecule has 0 saturated heterocycles. The van der Waals surface area contributed by atoms with Crippen LogP contribution in [0.25, 0.3) is 11.3 Å². The number of furan rings is 1. The van der Waals surface area contributed by atoms with Crippen LogP contribution < -0.4 is 0 Å². The van der Waals surface area contributed by atoms with Gasteiger partial charge in [-0.1, -0.05) is 25.4 Å². The summed E-state index contributed by atoms with van der Waals surface area (Å²) in [6.07, 6.45) is 3.50. The van der Waals surface area contributed by atoms with E-state index in [2.05, 4.69) is 18.8 Å². The third-order valence-corrected chi connectivity index (χ3v) is 3.21. The molecule has 0 bridgehead atoms. The maximum atomic E-state index is 10.2. The molecule has 2 aromatic rings. The fourth-order valence-electron chi connectivity index (χ4n) is 2.09. The van der Waals surface area contributed by atoms with Crippen molar-refractivity contribution in [2.45, 2.75) is 33.3 Å². The maximum Gasteiger partial charge on any atom is 0.136 e. The number of pyridine rings is 1. The lowest BCUT2D eigenvalue weighted by Gasteiger charge is -2.11. The van der Waals surface area contributed by atoms with Crippen molar-refractivity contribution in [2.24, 2.45) is 5.92 Å². The Kier molecular flexibility index (Phi) is 4.27. The predicted molar refractivity (Wildman–Crippen MR) is 76.1 cm³/mol. The number of rotatable bonds is 4. The molecule has 2 aromatic heterocycles. The minimum atomic E-state index is -0.496. The Morgan fingerprint density at radius 1 is 1.32 bits per heavy atom. The summed E-state index contributed by atoms with van der Waals surface area (Å²) in [6, 6.07) is 3.67. The van der Waals surface area contributed by atoms with Crippen LogP contribution in [0.15, 0.2) is 28.9 Å². The van der Waals surface area contributed by atoms with Gasteiger partial charge in [0.05, 0.1) is 11.1 Å². The molecule has 0 aliphatic carbocycles. The minimum Gasteiger partial charge on any atom is -0.461 e. The third-order valence-electron chi connectivity index (χ3n) is 3.00. The molecular weight excluding hydrogens is 262 g/mol. The Morgan fingerprint density at radius 3 is 2.68 bits per heavy atom. The van der Waals surface area contributed by atoms with Gasteiger partial charge in [-0.2, -0.15) is 0 Å². The van der Waals surface area contributed by atoms with Crippen molar-refractivity contribution >= 4 is 11.6 Å². The molecule has 0 radical (unpaired) electrons. The first kappa shape index (κ1) is 14.1. The lowest BCUT2D eigenvalue weighted by molar-refractivity contribution is 0.149. The van der Waals surface area contributed by atoms with Crippen LogP contribution in [0, 0.1) is 12.8 Å². The molecule has 1 atom stereocenters. The number of halogens is 1. The Bertz CT molecular complexity index is 563. The van der Waals surface area contributed by atoms with Gasteiger partial charge in [0.1, 0.15) is 11.5 Å². The summed E-state index contributed by atoms with van der Waals surface area (Å²) in [6.45, 7) is 6.03. The highest BCUT2D eigenvalue weighted by Crippen LogP contribution is 2.32. The molecule has 1 N–H and O–H groups in total. The predicted octanol–water partition coefficient (Wildman–Crippen LogP) is 4.38. The molecule has 3 nitrogen and oxygen atoms in total. The van der Waals surface area contributed by atoms with Gasteiger partial charge < -0.3 is 9.52 Å². The van der Waals surface area contributed by atoms with Gasteiger partial charge in [0.15, 0.2) is 0 Å². The van der Waals surface area contributed by atoms with Gasteiger partial charge in [0, 0.05) is 23.5 Å². The number of hydrogen-bond acceptors (Lipinski definition) is 3. The molecule has 4 heteroatoms. The van der Waals surface area contributed by atoms with Crippen LogP contribution in [-0.2, 0) is 0 Å². The smallest absolute Gasteiger partial charge is 0.136 e. The minimum absolute atomic E-state index is 0.431. The number of aromatic nitrogens is 1. The van der Waals surface area contributed by atoms with E-state index in [0.717, 1.165) is 16.9 Å². The van der Waals surface area contributed by atoms with E-state index in [9.17, 15) is 5.11 Å². The van der Waals surface area contributed by atoms with E-state index in [1.807, 2.05) is 13.0 Å². The first-order valence-electron chi connectivity index (χ1n) is 6.36. The van der Waals surface area contributed by atoms with Crippen molar-refractivity contribution in [1.29, 1.82) is 0 Å². The van der Waals surface area contributed by atoms with Crippen LogP contribution in [0.4, 0.5) is 0 Å². The molecule has 0 aliphatic rings. The Morgan fingerprint density at radius 2 is 2.05 bits per heavy atom. The second kappa shape index (κ2) is 5.76. The molecule has 19 heavy (non-hydrogen) atoms. The number of aryl methyl sites for hydroxylation is 1. The summed E-state index contributed by atoms with van der Waals surface area (Å²) < 4.78 is 5.70. The molecule has 0 fully saturated rings. The van der Waals surface area contributed by atoms with E-state index in [-0.39, 0.29) is 0 Å². The van der Waals surface area contributed by atoms with Crippen molar-refractivity contribution in [2.75, 3.05) is 0 Å². The van der Waals surface area contributed by atoms with E-state index >= 15 is 0 Å². The zero-order valence-corrected chi connectivity index (χ0v) is 12.1. The Labute approximate surface area is 118 Å². The summed E-state index contributed by atoms with van der Waals surface area (Å²) >= 11 is 5.92. The van der Waals surface area contributed by atoms with Gasteiger partial charge in [-0.15, -0.1) is 0 Å². The number of aliphatic hydroxyl groups is 1. The highest BCUT2D eigenvalue weighted by molar-refractivity contribution is 6.30. The van der Waals surface area contributed by atoms with Crippen molar-refractivity contribution in [1.82, 2.24) is 4.98 Å². The quantitative estimate of drug-likeness (QED) is 0.903. The first-order valence-corrected chi connectivity index (χ1v) is 6.74. The normalized spacial score (nSPS) is 12.9. The Hall–Kier alpha value is -1.32. The van der Waals surface area contributed by atoms with Crippen LogP contribution in [-0.4, -0.2) is 10.1 Å². The topological polar surface area (TPSA) is 46.3 Å². The van der Waals surface area contributed by atoms with Crippen LogP contribution in [0.5, 0.6) is 0 Å². The lowest BCUT2D eigenvalue weighted by Crippen LogP contribution is -2.01. The highest BCUT2D eigenvalue weighted by Gasteiger charge is 2.17. The summed E-state index contributed by atoms with van der Waals surface area (Å²) in [5.74, 6) is 1.86. The number of nitrogens with zero attached hydrogens (tertiary/aromatic N) is 1. The van der Waals surface area contributed by atoms with E-state index in [0.29, 0.717) is 23.1 Å². The standard InChI is InChI=1S/C15H18ClNO2/c1-9(2)4-14(18)13-6-15(19-10(13)3)11-5-12(16)8-17-7-11/h5-9,14,18H,4H2,1-3H3. The van der Waals surface area contributed by atoms with E-state index in [4.69, 9.17) is 16.0 Å². The second-order valence-electron chi connectivity index (χ2n) is 5.16. The average Bonchev–Trinajstić information content (AvgIpc) is 2.70. The van der Waals surface area contributed by atoms with Crippen molar-refractivity contribution in [3.8, 4) is 11.3 Å². The third kappa shape index (κ3) is 3.37. The summed E-state index contributed by atoms with van der Waals surface area (Å²) in [5.41, 5.74) is 1.65. The summed E-state index contributed by atoms with van der Waals surface area (Å²) in [4.78, 5) is 4.04. The molecule has 0 aliphatic heterocycles. The van der Waals surface area contributed by atoms with Crippen molar-refractivity contribution in [3.05, 3.63) is 40.9 Å². The molecule has 2 rings (SSSR count). The molecule has 0 saturated carbocycles. The van der Waals surface area contributed by atoms with Gasteiger partial charge in [-0.05, 0) is 31.4 Å². The van der Waals surface area contributed by atoms with E-state index in [1.165, 1.54) is 0 Å². The SMILES string of the molecule is Cc1oc(-c2cncc(Cl)c2)cc1C(O)CC(C)C. The van der Waals surface area contributed by atoms with Gasteiger partial charge in [0.25, 0.3) is 0 Å². The summed E-state index contributed by atoms with van der Waals surface area (Å²) in [7, 11) is 0. The molecular formula is C15H18ClNO2. The molecule has 0 amide bonds. The van der Waals surface area contributed by atoms with E-state index in [1.54, 1.807) is 18.5 Å². The molecule has 102 valence electrons. The monoisotopic (exact) mass is 279 g/mol.